The van der Waals surface area contributed by atoms with Gasteiger partial charge in [0, 0.05) is 17.7 Å². The number of aliphatic hydroxyl groups is 1. The maximum Gasteiger partial charge on any atom is 0.239 e. The first-order valence-corrected chi connectivity index (χ1v) is 8.59. The molecule has 1 amide bonds. The Morgan fingerprint density at radius 3 is 2.12 bits per heavy atom. The summed E-state index contributed by atoms with van der Waals surface area (Å²) in [6.45, 7) is -0.0202. The summed E-state index contributed by atoms with van der Waals surface area (Å²) in [4.78, 5) is 11.8. The lowest BCUT2D eigenvalue weighted by Gasteiger charge is -1.99. The molecule has 1 aliphatic heterocycles. The molecule has 1 aliphatic carbocycles. The molecule has 2 aromatic rings. The van der Waals surface area contributed by atoms with Crippen LogP contribution in [-0.2, 0) is 4.79 Å². The molecule has 1 atom stereocenters. The molecule has 0 saturated carbocycles. The maximum atomic E-state index is 11.8. The molecule has 6 heteroatoms. The van der Waals surface area contributed by atoms with Gasteiger partial charge < -0.3 is 10.4 Å². The first kappa shape index (κ1) is 15.1. The van der Waals surface area contributed by atoms with Gasteiger partial charge in [0.05, 0.1) is 5.25 Å². The van der Waals surface area contributed by atoms with Crippen molar-refractivity contribution in [1.29, 1.82) is 0 Å². The van der Waals surface area contributed by atoms with E-state index in [2.05, 4.69) is 27.7 Å². The second kappa shape index (κ2) is 6.22. The van der Waals surface area contributed by atoms with Crippen LogP contribution in [0.3, 0.4) is 0 Å². The summed E-state index contributed by atoms with van der Waals surface area (Å²) in [5.41, 5.74) is 5.20. The molecule has 1 heterocycles. The fourth-order valence-electron chi connectivity index (χ4n) is 2.96. The standard InChI is InChI=1S/C18H15N3O2S/c22-10-9-15-17(23)19-18(24-15)21-20-16-13-7-3-1-5-11(13)12-6-2-4-8-14(12)16/h1-8,15,22H,9-10H2,(H,19,21,23). The van der Waals surface area contributed by atoms with Crippen LogP contribution >= 0.6 is 11.8 Å². The molecule has 2 aliphatic rings. The number of thioether (sulfide) groups is 1. The third kappa shape index (κ3) is 2.53. The Morgan fingerprint density at radius 1 is 0.958 bits per heavy atom. The van der Waals surface area contributed by atoms with Crippen LogP contribution in [0.4, 0.5) is 0 Å². The van der Waals surface area contributed by atoms with Crippen molar-refractivity contribution >= 4 is 28.5 Å². The number of carbonyl (C=O) groups excluding carboxylic acids is 1. The average Bonchev–Trinajstić information content (AvgIpc) is 3.12. The smallest absolute Gasteiger partial charge is 0.239 e. The third-order valence-electron chi connectivity index (χ3n) is 4.06. The first-order valence-electron chi connectivity index (χ1n) is 7.71. The van der Waals surface area contributed by atoms with Gasteiger partial charge in [-0.1, -0.05) is 60.3 Å². The van der Waals surface area contributed by atoms with Crippen LogP contribution in [0.1, 0.15) is 17.5 Å². The number of rotatable bonds is 3. The van der Waals surface area contributed by atoms with Gasteiger partial charge in [-0.3, -0.25) is 4.79 Å². The zero-order valence-corrected chi connectivity index (χ0v) is 13.6. The highest BCUT2D eigenvalue weighted by atomic mass is 32.2. The van der Waals surface area contributed by atoms with Crippen LogP contribution in [-0.4, -0.2) is 33.7 Å². The molecule has 1 saturated heterocycles. The van der Waals surface area contributed by atoms with Crippen LogP contribution in [0.25, 0.3) is 11.1 Å². The van der Waals surface area contributed by atoms with Crippen molar-refractivity contribution in [2.45, 2.75) is 11.7 Å². The van der Waals surface area contributed by atoms with Crippen LogP contribution in [0.15, 0.2) is 58.7 Å². The Bertz CT molecular complexity index is 829. The van der Waals surface area contributed by atoms with E-state index >= 15 is 0 Å². The molecular formula is C18H15N3O2S. The topological polar surface area (TPSA) is 74.0 Å². The monoisotopic (exact) mass is 337 g/mol. The second-order valence-corrected chi connectivity index (χ2v) is 6.74. The van der Waals surface area contributed by atoms with Gasteiger partial charge in [0.1, 0.15) is 5.71 Å². The largest absolute Gasteiger partial charge is 0.396 e. The maximum absolute atomic E-state index is 11.8. The quantitative estimate of drug-likeness (QED) is 0.721. The highest BCUT2D eigenvalue weighted by Gasteiger charge is 2.30. The van der Waals surface area contributed by atoms with Gasteiger partial charge in [0.15, 0.2) is 5.17 Å². The van der Waals surface area contributed by atoms with E-state index in [9.17, 15) is 4.79 Å². The van der Waals surface area contributed by atoms with Gasteiger partial charge in [-0.25, -0.2) is 0 Å². The Labute approximate surface area is 143 Å². The molecule has 0 radical (unpaired) electrons. The minimum absolute atomic E-state index is 0.0202. The van der Waals surface area contributed by atoms with Crippen LogP contribution in [0.5, 0.6) is 0 Å². The van der Waals surface area contributed by atoms with Crippen molar-refractivity contribution in [2.75, 3.05) is 6.61 Å². The Hall–Kier alpha value is -2.44. The van der Waals surface area contributed by atoms with E-state index in [4.69, 9.17) is 5.11 Å². The van der Waals surface area contributed by atoms with Crippen molar-refractivity contribution in [3.8, 4) is 11.1 Å². The lowest BCUT2D eigenvalue weighted by molar-refractivity contribution is -0.119. The van der Waals surface area contributed by atoms with Crippen LogP contribution in [0, 0.1) is 0 Å². The number of nitrogens with one attached hydrogen (secondary N) is 1. The zero-order chi connectivity index (χ0) is 16.5. The Kier molecular flexibility index (Phi) is 3.92. The van der Waals surface area contributed by atoms with E-state index in [1.165, 1.54) is 11.8 Å². The molecule has 1 fully saturated rings. The van der Waals surface area contributed by atoms with Gasteiger partial charge in [-0.05, 0) is 17.5 Å². The number of benzene rings is 2. The highest BCUT2D eigenvalue weighted by Crippen LogP contribution is 2.36. The molecule has 0 aromatic heterocycles. The van der Waals surface area contributed by atoms with E-state index in [0.717, 1.165) is 28.0 Å². The number of hydrogen-bond acceptors (Lipinski definition) is 5. The molecule has 2 aromatic carbocycles. The summed E-state index contributed by atoms with van der Waals surface area (Å²) >= 11 is 1.31. The molecule has 24 heavy (non-hydrogen) atoms. The number of amidine groups is 1. The predicted molar refractivity (Wildman–Crippen MR) is 96.2 cm³/mol. The lowest BCUT2D eigenvalue weighted by Crippen LogP contribution is -2.25. The van der Waals surface area contributed by atoms with Crippen molar-refractivity contribution in [3.63, 3.8) is 0 Å². The zero-order valence-electron chi connectivity index (χ0n) is 12.8. The Balaban J connectivity index is 1.71. The van der Waals surface area contributed by atoms with Gasteiger partial charge in [0.25, 0.3) is 0 Å². The molecule has 4 rings (SSSR count). The predicted octanol–water partition coefficient (Wildman–Crippen LogP) is 2.39. The summed E-state index contributed by atoms with van der Waals surface area (Å²) in [6, 6.07) is 16.2. The fourth-order valence-corrected chi connectivity index (χ4v) is 3.86. The van der Waals surface area contributed by atoms with Crippen molar-refractivity contribution in [3.05, 3.63) is 59.7 Å². The molecule has 2 N–H and O–H groups in total. The summed E-state index contributed by atoms with van der Waals surface area (Å²) in [7, 11) is 0. The van der Waals surface area contributed by atoms with Crippen molar-refractivity contribution < 1.29 is 9.90 Å². The third-order valence-corrected chi connectivity index (χ3v) is 5.20. The Morgan fingerprint density at radius 2 is 1.54 bits per heavy atom. The van der Waals surface area contributed by atoms with E-state index < -0.39 is 0 Å². The van der Waals surface area contributed by atoms with Crippen LogP contribution < -0.4 is 5.32 Å². The van der Waals surface area contributed by atoms with E-state index in [0.29, 0.717) is 11.6 Å². The fraction of sp³-hybridized carbons (Fsp3) is 0.167. The number of hydrogen-bond donors (Lipinski definition) is 2. The molecular weight excluding hydrogens is 322 g/mol. The van der Waals surface area contributed by atoms with E-state index in [1.807, 2.05) is 36.4 Å². The number of amides is 1. The summed E-state index contributed by atoms with van der Waals surface area (Å²) in [5, 5.41) is 20.6. The van der Waals surface area contributed by atoms with Crippen molar-refractivity contribution in [2.24, 2.45) is 10.2 Å². The molecule has 0 spiro atoms. The molecule has 0 bridgehead atoms. The normalized spacial score (nSPS) is 20.0. The summed E-state index contributed by atoms with van der Waals surface area (Å²) in [6.07, 6.45) is 0.414. The SMILES string of the molecule is O=C1N/C(=N\N=C2c3ccccc3-c3ccccc32)SC1CCO. The van der Waals surface area contributed by atoms with Gasteiger partial charge in [-0.15, -0.1) is 10.2 Å². The average molecular weight is 337 g/mol. The summed E-state index contributed by atoms with van der Waals surface area (Å²) < 4.78 is 0. The van der Waals surface area contributed by atoms with E-state index in [-0.39, 0.29) is 17.8 Å². The summed E-state index contributed by atoms with van der Waals surface area (Å²) in [5.74, 6) is -0.125. The molecule has 120 valence electrons. The first-order chi connectivity index (χ1) is 11.8. The van der Waals surface area contributed by atoms with Crippen LogP contribution in [0.2, 0.25) is 0 Å². The lowest BCUT2D eigenvalue weighted by atomic mass is 10.1. The number of aliphatic hydroxyl groups excluding tert-OH is 1. The van der Waals surface area contributed by atoms with E-state index in [1.54, 1.807) is 0 Å². The van der Waals surface area contributed by atoms with Gasteiger partial charge in [0.2, 0.25) is 5.91 Å². The number of carbonyl (C=O) groups is 1. The van der Waals surface area contributed by atoms with Crippen molar-refractivity contribution in [1.82, 2.24) is 5.32 Å². The molecule has 1 unspecified atom stereocenters. The van der Waals surface area contributed by atoms with Gasteiger partial charge >= 0.3 is 0 Å². The minimum Gasteiger partial charge on any atom is -0.396 e. The number of fused-ring (bicyclic) bond motifs is 3. The second-order valence-electron chi connectivity index (χ2n) is 5.55. The molecule has 5 nitrogen and oxygen atoms in total. The van der Waals surface area contributed by atoms with Gasteiger partial charge in [-0.2, -0.15) is 0 Å². The highest BCUT2D eigenvalue weighted by molar-refractivity contribution is 8.15. The number of nitrogens with zero attached hydrogens (tertiary/aromatic N) is 2. The minimum atomic E-state index is -0.294.